The Bertz CT molecular complexity index is 121. The lowest BCUT2D eigenvalue weighted by molar-refractivity contribution is 0.217. The van der Waals surface area contributed by atoms with Crippen LogP contribution in [0.2, 0.25) is 0 Å². The van der Waals surface area contributed by atoms with Crippen LogP contribution >= 0.6 is 12.2 Å². The normalized spacial score (nSPS) is 19.2. The van der Waals surface area contributed by atoms with Crippen LogP contribution in [0.1, 0.15) is 12.8 Å². The zero-order chi connectivity index (χ0) is 7.40. The molecule has 0 radical (unpaired) electrons. The van der Waals surface area contributed by atoms with Crippen molar-refractivity contribution < 1.29 is 0 Å². The topological polar surface area (TPSA) is 53.3 Å². The van der Waals surface area contributed by atoms with Gasteiger partial charge in [0.15, 0.2) is 5.11 Å². The van der Waals surface area contributed by atoms with Crippen LogP contribution in [-0.2, 0) is 0 Å². The fraction of sp³-hybridized carbons (Fsp3) is 0.800. The zero-order valence-corrected chi connectivity index (χ0v) is 6.58. The van der Waals surface area contributed by atoms with E-state index in [1.54, 1.807) is 0 Å². The summed E-state index contributed by atoms with van der Waals surface area (Å²) >= 11 is 4.61. The first-order valence-electron chi connectivity index (χ1n) is 3.35. The molecule has 0 bridgehead atoms. The number of rotatable bonds is 2. The minimum Gasteiger partial charge on any atom is -0.375 e. The van der Waals surface area contributed by atoms with Gasteiger partial charge in [0.2, 0.25) is 0 Å². The number of hydrazine groups is 2. The van der Waals surface area contributed by atoms with E-state index in [1.165, 1.54) is 12.8 Å². The third kappa shape index (κ3) is 2.47. The van der Waals surface area contributed by atoms with Gasteiger partial charge in [0, 0.05) is 13.1 Å². The summed E-state index contributed by atoms with van der Waals surface area (Å²) in [5.41, 5.74) is 10.8. The average Bonchev–Trinajstić information content (AvgIpc) is 2.34. The summed E-state index contributed by atoms with van der Waals surface area (Å²) in [6, 6.07) is 0. The van der Waals surface area contributed by atoms with E-state index in [2.05, 4.69) is 28.2 Å². The van der Waals surface area contributed by atoms with Crippen molar-refractivity contribution in [2.75, 3.05) is 13.1 Å². The first kappa shape index (κ1) is 7.71. The Kier molecular flexibility index (Phi) is 2.85. The van der Waals surface area contributed by atoms with Gasteiger partial charge in [0.1, 0.15) is 0 Å². The second-order valence-corrected chi connectivity index (χ2v) is 2.74. The highest BCUT2D eigenvalue weighted by Gasteiger charge is 2.09. The van der Waals surface area contributed by atoms with E-state index in [1.807, 2.05) is 0 Å². The van der Waals surface area contributed by atoms with Crippen molar-refractivity contribution >= 4 is 17.3 Å². The molecule has 0 amide bonds. The van der Waals surface area contributed by atoms with Crippen LogP contribution in [0.15, 0.2) is 0 Å². The summed E-state index contributed by atoms with van der Waals surface area (Å²) in [4.78, 5) is 0. The molecule has 0 aromatic rings. The van der Waals surface area contributed by atoms with Crippen LogP contribution in [-0.4, -0.2) is 23.2 Å². The molecule has 10 heavy (non-hydrogen) atoms. The fourth-order valence-electron chi connectivity index (χ4n) is 0.963. The lowest BCUT2D eigenvalue weighted by atomic mass is 10.4. The Morgan fingerprint density at radius 3 is 2.50 bits per heavy atom. The Labute approximate surface area is 65.7 Å². The number of nitrogens with one attached hydrogen (secondary N) is 2. The minimum atomic E-state index is 0.284. The highest BCUT2D eigenvalue weighted by atomic mass is 32.1. The first-order chi connectivity index (χ1) is 4.79. The van der Waals surface area contributed by atoms with Crippen molar-refractivity contribution in [2.45, 2.75) is 12.8 Å². The molecule has 0 aliphatic carbocycles. The molecule has 58 valence electrons. The maximum Gasteiger partial charge on any atom is 0.179 e. The van der Waals surface area contributed by atoms with Gasteiger partial charge >= 0.3 is 0 Å². The molecule has 0 spiro atoms. The van der Waals surface area contributed by atoms with E-state index in [9.17, 15) is 0 Å². The Balaban J connectivity index is 2.07. The monoisotopic (exact) mass is 160 g/mol. The second-order valence-electron chi connectivity index (χ2n) is 2.30. The molecular formula is C5H12N4S. The third-order valence-electron chi connectivity index (χ3n) is 1.44. The van der Waals surface area contributed by atoms with Crippen LogP contribution in [0.3, 0.4) is 0 Å². The molecule has 1 saturated heterocycles. The van der Waals surface area contributed by atoms with E-state index in [0.717, 1.165) is 13.1 Å². The van der Waals surface area contributed by atoms with Crippen molar-refractivity contribution in [1.82, 2.24) is 16.0 Å². The van der Waals surface area contributed by atoms with Crippen molar-refractivity contribution in [3.05, 3.63) is 0 Å². The molecule has 1 fully saturated rings. The molecule has 1 aliphatic heterocycles. The summed E-state index contributed by atoms with van der Waals surface area (Å²) in [6.07, 6.45) is 2.48. The van der Waals surface area contributed by atoms with Gasteiger partial charge in [0.05, 0.1) is 0 Å². The summed E-state index contributed by atoms with van der Waals surface area (Å²) in [5.74, 6) is 0. The van der Waals surface area contributed by atoms with Crippen LogP contribution in [0.4, 0.5) is 0 Å². The quantitative estimate of drug-likeness (QED) is 0.370. The Morgan fingerprint density at radius 1 is 1.40 bits per heavy atom. The molecule has 0 aromatic carbocycles. The summed E-state index contributed by atoms with van der Waals surface area (Å²) in [7, 11) is 0. The van der Waals surface area contributed by atoms with E-state index >= 15 is 0 Å². The largest absolute Gasteiger partial charge is 0.375 e. The molecular weight excluding hydrogens is 148 g/mol. The number of thiocarbonyl (C=S) groups is 1. The molecule has 0 saturated carbocycles. The predicted octanol–water partition coefficient (Wildman–Crippen LogP) is -0.665. The third-order valence-corrected chi connectivity index (χ3v) is 1.55. The van der Waals surface area contributed by atoms with E-state index in [0.29, 0.717) is 0 Å². The molecule has 4 nitrogen and oxygen atoms in total. The van der Waals surface area contributed by atoms with Crippen molar-refractivity contribution in [3.8, 4) is 0 Å². The highest BCUT2D eigenvalue weighted by Crippen LogP contribution is 2.01. The number of hydrogen-bond acceptors (Lipinski definition) is 3. The molecule has 0 unspecified atom stereocenters. The first-order valence-corrected chi connectivity index (χ1v) is 3.76. The van der Waals surface area contributed by atoms with Crippen molar-refractivity contribution in [2.24, 2.45) is 5.73 Å². The number of hydrogen-bond donors (Lipinski definition) is 3. The molecule has 0 atom stereocenters. The molecule has 1 rings (SSSR count). The Morgan fingerprint density at radius 2 is 2.00 bits per heavy atom. The lowest BCUT2D eigenvalue weighted by Gasteiger charge is -2.16. The standard InChI is InChI=1S/C5H12N4S/c6-5(10)7-8-9-3-1-2-4-9/h8H,1-4H2,(H3,6,7,10). The van der Waals surface area contributed by atoms with Crippen LogP contribution in [0, 0.1) is 0 Å². The minimum absolute atomic E-state index is 0.284. The molecule has 4 N–H and O–H groups in total. The summed E-state index contributed by atoms with van der Waals surface area (Å²) < 4.78 is 0. The van der Waals surface area contributed by atoms with Crippen LogP contribution in [0.5, 0.6) is 0 Å². The van der Waals surface area contributed by atoms with E-state index < -0.39 is 0 Å². The van der Waals surface area contributed by atoms with Crippen LogP contribution < -0.4 is 16.7 Å². The van der Waals surface area contributed by atoms with Crippen LogP contribution in [0.25, 0.3) is 0 Å². The molecule has 1 heterocycles. The van der Waals surface area contributed by atoms with Crippen molar-refractivity contribution in [1.29, 1.82) is 0 Å². The van der Waals surface area contributed by atoms with E-state index in [-0.39, 0.29) is 5.11 Å². The summed E-state index contributed by atoms with van der Waals surface area (Å²) in [6.45, 7) is 2.13. The lowest BCUT2D eigenvalue weighted by Crippen LogP contribution is -2.49. The molecule has 1 aliphatic rings. The maximum atomic E-state index is 5.20. The smallest absolute Gasteiger partial charge is 0.179 e. The number of nitrogens with two attached hydrogens (primary N) is 1. The number of nitrogens with zero attached hydrogens (tertiary/aromatic N) is 1. The van der Waals surface area contributed by atoms with Gasteiger partial charge in [-0.3, -0.25) is 5.43 Å². The SMILES string of the molecule is NC(=S)NNN1CCCC1. The zero-order valence-electron chi connectivity index (χ0n) is 5.76. The maximum absolute atomic E-state index is 5.20. The van der Waals surface area contributed by atoms with Crippen molar-refractivity contribution in [3.63, 3.8) is 0 Å². The van der Waals surface area contributed by atoms with Gasteiger partial charge in [-0.1, -0.05) is 0 Å². The van der Waals surface area contributed by atoms with Gasteiger partial charge < -0.3 is 5.73 Å². The predicted molar refractivity (Wildman–Crippen MR) is 43.9 cm³/mol. The fourth-order valence-corrected chi connectivity index (χ4v) is 1.01. The van der Waals surface area contributed by atoms with Gasteiger partial charge in [-0.05, 0) is 25.1 Å². The highest BCUT2D eigenvalue weighted by molar-refractivity contribution is 7.80. The van der Waals surface area contributed by atoms with Gasteiger partial charge in [0.25, 0.3) is 0 Å². The Hall–Kier alpha value is -0.390. The van der Waals surface area contributed by atoms with Gasteiger partial charge in [-0.25, -0.2) is 5.01 Å². The summed E-state index contributed by atoms with van der Waals surface area (Å²) in [5, 5.41) is 2.34. The van der Waals surface area contributed by atoms with Gasteiger partial charge in [-0.15, -0.1) is 0 Å². The molecule has 5 heteroatoms. The van der Waals surface area contributed by atoms with E-state index in [4.69, 9.17) is 5.73 Å². The van der Waals surface area contributed by atoms with Gasteiger partial charge in [-0.2, -0.15) is 5.53 Å². The second kappa shape index (κ2) is 3.70. The average molecular weight is 160 g/mol. The molecule has 0 aromatic heterocycles.